The van der Waals surface area contributed by atoms with E-state index in [0.29, 0.717) is 5.75 Å². The molecule has 1 unspecified atom stereocenters. The van der Waals surface area contributed by atoms with Gasteiger partial charge in [-0.1, -0.05) is 32.0 Å². The molecule has 0 amide bonds. The molecular weight excluding hydrogens is 258 g/mol. The molecule has 1 aliphatic heterocycles. The van der Waals surface area contributed by atoms with Gasteiger partial charge >= 0.3 is 5.97 Å². The molecule has 4 heteroatoms. The van der Waals surface area contributed by atoms with E-state index in [1.165, 1.54) is 7.11 Å². The Labute approximate surface area is 119 Å². The van der Waals surface area contributed by atoms with Gasteiger partial charge in [0.15, 0.2) is 0 Å². The third-order valence-corrected chi connectivity index (χ3v) is 4.51. The number of esters is 1. The molecule has 1 heterocycles. The summed E-state index contributed by atoms with van der Waals surface area (Å²) >= 11 is 4.34. The van der Waals surface area contributed by atoms with Gasteiger partial charge in [-0.05, 0) is 18.6 Å². The van der Waals surface area contributed by atoms with Gasteiger partial charge in [-0.3, -0.25) is 9.79 Å². The molecule has 1 atom stereocenters. The van der Waals surface area contributed by atoms with Crippen LogP contribution >= 0.6 is 12.6 Å². The third-order valence-electron chi connectivity index (χ3n) is 3.88. The summed E-state index contributed by atoms with van der Waals surface area (Å²) < 4.78 is 4.94. The van der Waals surface area contributed by atoms with Crippen molar-refractivity contribution < 1.29 is 9.53 Å². The molecule has 19 heavy (non-hydrogen) atoms. The zero-order chi connectivity index (χ0) is 14.3. The van der Waals surface area contributed by atoms with Crippen LogP contribution < -0.4 is 0 Å². The van der Waals surface area contributed by atoms with Crippen molar-refractivity contribution in [1.29, 1.82) is 0 Å². The topological polar surface area (TPSA) is 38.7 Å². The largest absolute Gasteiger partial charge is 0.468 e. The van der Waals surface area contributed by atoms with E-state index in [1.54, 1.807) is 0 Å². The Morgan fingerprint density at radius 3 is 2.58 bits per heavy atom. The molecule has 0 radical (unpaired) electrons. The molecule has 0 bridgehead atoms. The number of aliphatic imine (C=N–C) groups is 1. The standard InChI is InChI=1S/C15H19NO2S/c1-14(2)10-7-5-6-8-11(10)16-12(14)15(3,9-19)13(17)18-4/h5-8,19H,9H2,1-4H3. The molecule has 0 aromatic heterocycles. The fourth-order valence-corrected chi connectivity index (χ4v) is 3.04. The monoisotopic (exact) mass is 277 g/mol. The van der Waals surface area contributed by atoms with Crippen LogP contribution in [0.25, 0.3) is 0 Å². The van der Waals surface area contributed by atoms with Gasteiger partial charge in [0.2, 0.25) is 0 Å². The van der Waals surface area contributed by atoms with Crippen molar-refractivity contribution in [3.05, 3.63) is 29.8 Å². The minimum Gasteiger partial charge on any atom is -0.468 e. The van der Waals surface area contributed by atoms with Crippen molar-refractivity contribution in [3.63, 3.8) is 0 Å². The van der Waals surface area contributed by atoms with Gasteiger partial charge in [0.25, 0.3) is 0 Å². The van der Waals surface area contributed by atoms with Crippen LogP contribution in [0.4, 0.5) is 5.69 Å². The van der Waals surface area contributed by atoms with Crippen molar-refractivity contribution in [2.75, 3.05) is 12.9 Å². The number of carbonyl (C=O) groups excluding carboxylic acids is 1. The lowest BCUT2D eigenvalue weighted by atomic mass is 9.70. The molecule has 1 aromatic carbocycles. The fourth-order valence-electron chi connectivity index (χ4n) is 2.76. The lowest BCUT2D eigenvalue weighted by molar-refractivity contribution is -0.146. The number of hydrogen-bond donors (Lipinski definition) is 1. The number of para-hydroxylation sites is 1. The van der Waals surface area contributed by atoms with E-state index < -0.39 is 5.41 Å². The van der Waals surface area contributed by atoms with Gasteiger partial charge < -0.3 is 4.74 Å². The minimum absolute atomic E-state index is 0.289. The predicted molar refractivity (Wildman–Crippen MR) is 80.5 cm³/mol. The number of hydrogen-bond acceptors (Lipinski definition) is 4. The van der Waals surface area contributed by atoms with E-state index in [0.717, 1.165) is 17.0 Å². The zero-order valence-corrected chi connectivity index (χ0v) is 12.6. The first-order valence-corrected chi connectivity index (χ1v) is 6.89. The second kappa shape index (κ2) is 4.67. The number of methoxy groups -OCH3 is 1. The second-order valence-corrected chi connectivity index (χ2v) is 5.90. The van der Waals surface area contributed by atoms with Crippen LogP contribution in [0, 0.1) is 5.41 Å². The first-order valence-electron chi connectivity index (χ1n) is 6.26. The Hall–Kier alpha value is -1.29. The summed E-state index contributed by atoms with van der Waals surface area (Å²) in [5.41, 5.74) is 1.80. The highest BCUT2D eigenvalue weighted by molar-refractivity contribution is 7.80. The SMILES string of the molecule is COC(=O)C(C)(CS)C1=Nc2ccccc2C1(C)C. The maximum Gasteiger partial charge on any atom is 0.318 e. The summed E-state index contributed by atoms with van der Waals surface area (Å²) in [6.07, 6.45) is 0. The molecule has 2 rings (SSSR count). The van der Waals surface area contributed by atoms with Crippen LogP contribution in [-0.2, 0) is 14.9 Å². The van der Waals surface area contributed by atoms with Crippen LogP contribution in [-0.4, -0.2) is 24.5 Å². The molecular formula is C15H19NO2S. The van der Waals surface area contributed by atoms with Crippen LogP contribution in [0.1, 0.15) is 26.3 Å². The highest BCUT2D eigenvalue weighted by atomic mass is 32.1. The highest BCUT2D eigenvalue weighted by Crippen LogP contribution is 2.45. The fraction of sp³-hybridized carbons (Fsp3) is 0.467. The molecule has 0 saturated heterocycles. The van der Waals surface area contributed by atoms with E-state index >= 15 is 0 Å². The average molecular weight is 277 g/mol. The molecule has 1 aromatic rings. The van der Waals surface area contributed by atoms with E-state index in [-0.39, 0.29) is 11.4 Å². The first-order chi connectivity index (χ1) is 8.87. The number of benzene rings is 1. The van der Waals surface area contributed by atoms with Crippen LogP contribution in [0.3, 0.4) is 0 Å². The summed E-state index contributed by atoms with van der Waals surface area (Å²) in [5, 5.41) is 0. The first kappa shape index (κ1) is 14.1. The van der Waals surface area contributed by atoms with E-state index in [4.69, 9.17) is 4.74 Å². The molecule has 0 aliphatic carbocycles. The van der Waals surface area contributed by atoms with Crippen molar-refractivity contribution >= 4 is 30.0 Å². The smallest absolute Gasteiger partial charge is 0.318 e. The van der Waals surface area contributed by atoms with Crippen LogP contribution in [0.5, 0.6) is 0 Å². The molecule has 1 aliphatic rings. The Morgan fingerprint density at radius 1 is 1.42 bits per heavy atom. The van der Waals surface area contributed by atoms with Crippen molar-refractivity contribution in [3.8, 4) is 0 Å². The van der Waals surface area contributed by atoms with Crippen molar-refractivity contribution in [2.45, 2.75) is 26.2 Å². The number of thiol groups is 1. The van der Waals surface area contributed by atoms with Crippen molar-refractivity contribution in [2.24, 2.45) is 10.4 Å². The number of nitrogens with zero attached hydrogens (tertiary/aromatic N) is 1. The van der Waals surface area contributed by atoms with Gasteiger partial charge in [-0.2, -0.15) is 12.6 Å². The van der Waals surface area contributed by atoms with Gasteiger partial charge in [0.1, 0.15) is 5.41 Å². The number of ether oxygens (including phenoxy) is 1. The van der Waals surface area contributed by atoms with Crippen molar-refractivity contribution in [1.82, 2.24) is 0 Å². The summed E-state index contributed by atoms with van der Waals surface area (Å²) in [4.78, 5) is 16.8. The Bertz CT molecular complexity index is 551. The molecule has 0 N–H and O–H groups in total. The molecule has 0 fully saturated rings. The zero-order valence-electron chi connectivity index (χ0n) is 11.7. The van der Waals surface area contributed by atoms with E-state index in [1.807, 2.05) is 25.1 Å². The molecule has 3 nitrogen and oxygen atoms in total. The van der Waals surface area contributed by atoms with E-state index in [9.17, 15) is 4.79 Å². The molecule has 0 spiro atoms. The molecule has 102 valence electrons. The Kier molecular flexibility index (Phi) is 3.47. The number of fused-ring (bicyclic) bond motifs is 1. The normalized spacial score (nSPS) is 19.3. The maximum absolute atomic E-state index is 12.1. The summed E-state index contributed by atoms with van der Waals surface area (Å²) in [7, 11) is 1.40. The van der Waals surface area contributed by atoms with Crippen LogP contribution in [0.2, 0.25) is 0 Å². The van der Waals surface area contributed by atoms with Gasteiger partial charge in [-0.25, -0.2) is 0 Å². The maximum atomic E-state index is 12.1. The lowest BCUT2D eigenvalue weighted by Gasteiger charge is -2.33. The third kappa shape index (κ3) is 1.98. The quantitative estimate of drug-likeness (QED) is 0.681. The summed E-state index contributed by atoms with van der Waals surface area (Å²) in [5.74, 6) is 0.0813. The van der Waals surface area contributed by atoms with Gasteiger partial charge in [0.05, 0.1) is 12.8 Å². The van der Waals surface area contributed by atoms with Crippen LogP contribution in [0.15, 0.2) is 29.3 Å². The predicted octanol–water partition coefficient (Wildman–Crippen LogP) is 3.16. The number of rotatable bonds is 3. The molecule has 0 saturated carbocycles. The Balaban J connectivity index is 2.56. The van der Waals surface area contributed by atoms with Gasteiger partial charge in [-0.15, -0.1) is 0 Å². The van der Waals surface area contributed by atoms with E-state index in [2.05, 4.69) is 37.5 Å². The average Bonchev–Trinajstić information content (AvgIpc) is 2.69. The lowest BCUT2D eigenvalue weighted by Crippen LogP contribution is -2.46. The summed E-state index contributed by atoms with van der Waals surface area (Å²) in [6.45, 7) is 6.02. The summed E-state index contributed by atoms with van der Waals surface area (Å²) in [6, 6.07) is 7.98. The number of carbonyl (C=O) groups is 1. The second-order valence-electron chi connectivity index (χ2n) is 5.58. The Morgan fingerprint density at radius 2 is 2.05 bits per heavy atom. The van der Waals surface area contributed by atoms with Gasteiger partial charge in [0, 0.05) is 16.9 Å². The minimum atomic E-state index is -0.805. The highest BCUT2D eigenvalue weighted by Gasteiger charge is 2.49.